The number of benzene rings is 4. The monoisotopic (exact) mass is 675 g/mol. The van der Waals surface area contributed by atoms with Gasteiger partial charge >= 0.3 is 6.09 Å². The van der Waals surface area contributed by atoms with Crippen molar-refractivity contribution in [1.29, 1.82) is 0 Å². The van der Waals surface area contributed by atoms with Gasteiger partial charge in [0, 0.05) is 31.3 Å². The smallest absolute Gasteiger partial charge is 0.408 e. The van der Waals surface area contributed by atoms with Crippen LogP contribution in [0.5, 0.6) is 5.75 Å². The summed E-state index contributed by atoms with van der Waals surface area (Å²) in [6, 6.07) is 34.2. The molecule has 0 radical (unpaired) electrons. The molecule has 1 aromatic heterocycles. The van der Waals surface area contributed by atoms with E-state index in [4.69, 9.17) is 14.2 Å². The molecule has 3 amide bonds. The largest absolute Gasteiger partial charge is 0.489 e. The number of aromatic amines is 1. The van der Waals surface area contributed by atoms with E-state index in [-0.39, 0.29) is 32.6 Å². The summed E-state index contributed by atoms with van der Waals surface area (Å²) >= 11 is 0. The molecule has 5 rings (SSSR count). The normalized spacial score (nSPS) is 11.9. The minimum atomic E-state index is -1.06. The standard InChI is InChI=1S/C39H41N5O6/c45-37(41-20-21-48-25-30-10-4-1-5-11-30)35(22-29-16-18-34(19-17-29)49-26-31-12-6-2-7-13-31)43-38(46)36(23-33-24-40-28-42-33)44-39(47)50-27-32-14-8-3-9-15-32/h1-19,24,28,35-36H,20-23,25-27H2,(H,40,42)(H,41,45)(H,43,46)(H,44,47)/t35-,36+/m0/s1. The van der Waals surface area contributed by atoms with E-state index in [1.54, 1.807) is 6.20 Å². The fraction of sp³-hybridized carbons (Fsp3) is 0.231. The Labute approximate surface area is 291 Å². The van der Waals surface area contributed by atoms with Crippen LogP contribution in [0.4, 0.5) is 4.79 Å². The summed E-state index contributed by atoms with van der Waals surface area (Å²) in [6.45, 7) is 1.40. The van der Waals surface area contributed by atoms with Crippen molar-refractivity contribution in [2.45, 2.75) is 44.7 Å². The van der Waals surface area contributed by atoms with Gasteiger partial charge in [0.25, 0.3) is 0 Å². The van der Waals surface area contributed by atoms with Crippen LogP contribution in [0.1, 0.15) is 27.9 Å². The third-order valence-corrected chi connectivity index (χ3v) is 7.70. The molecule has 50 heavy (non-hydrogen) atoms. The molecule has 11 heteroatoms. The summed E-state index contributed by atoms with van der Waals surface area (Å²) in [5.74, 6) is -0.270. The third kappa shape index (κ3) is 11.9. The van der Waals surface area contributed by atoms with Gasteiger partial charge in [-0.1, -0.05) is 103 Å². The van der Waals surface area contributed by atoms with Crippen molar-refractivity contribution in [2.75, 3.05) is 13.2 Å². The summed E-state index contributed by atoms with van der Waals surface area (Å²) in [6.07, 6.45) is 2.58. The molecule has 4 N–H and O–H groups in total. The van der Waals surface area contributed by atoms with Gasteiger partial charge in [-0.15, -0.1) is 0 Å². The molecule has 0 aliphatic heterocycles. The summed E-state index contributed by atoms with van der Waals surface area (Å²) in [5.41, 5.74) is 4.30. The number of alkyl carbamates (subject to hydrolysis) is 1. The minimum absolute atomic E-state index is 0.0352. The van der Waals surface area contributed by atoms with E-state index in [9.17, 15) is 14.4 Å². The average molecular weight is 676 g/mol. The van der Waals surface area contributed by atoms with Gasteiger partial charge in [0.05, 0.1) is 19.5 Å². The second-order valence-electron chi connectivity index (χ2n) is 11.6. The molecule has 258 valence electrons. The Bertz CT molecular complexity index is 1740. The number of amides is 3. The van der Waals surface area contributed by atoms with Gasteiger partial charge in [-0.25, -0.2) is 9.78 Å². The first-order valence-corrected chi connectivity index (χ1v) is 16.4. The molecule has 4 aromatic carbocycles. The van der Waals surface area contributed by atoms with E-state index in [1.807, 2.05) is 115 Å². The van der Waals surface area contributed by atoms with Crippen LogP contribution < -0.4 is 20.7 Å². The molecule has 0 spiro atoms. The molecule has 1 heterocycles. The highest BCUT2D eigenvalue weighted by molar-refractivity contribution is 5.91. The number of H-pyrrole nitrogens is 1. The van der Waals surface area contributed by atoms with Crippen LogP contribution in [0.3, 0.4) is 0 Å². The van der Waals surface area contributed by atoms with Gasteiger partial charge in [-0.2, -0.15) is 0 Å². The van der Waals surface area contributed by atoms with Crippen molar-refractivity contribution in [3.8, 4) is 5.75 Å². The number of rotatable bonds is 18. The Hall–Kier alpha value is -5.94. The molecule has 2 atom stereocenters. The Morgan fingerprint density at radius 1 is 0.640 bits per heavy atom. The first-order chi connectivity index (χ1) is 24.5. The zero-order valence-electron chi connectivity index (χ0n) is 27.6. The molecule has 0 fully saturated rings. The SMILES string of the molecule is O=C(N[C@H](Cc1cnc[nH]1)C(=O)N[C@@H](Cc1ccc(OCc2ccccc2)cc1)C(=O)NCCOCc1ccccc1)OCc1ccccc1. The number of nitrogens with zero attached hydrogens (tertiary/aromatic N) is 1. The zero-order chi connectivity index (χ0) is 34.8. The lowest BCUT2D eigenvalue weighted by Crippen LogP contribution is -2.55. The molecule has 0 saturated carbocycles. The Balaban J connectivity index is 1.23. The molecule has 0 saturated heterocycles. The van der Waals surface area contributed by atoms with Gasteiger partial charge < -0.3 is 35.1 Å². The molecule has 0 bridgehead atoms. The highest BCUT2D eigenvalue weighted by Gasteiger charge is 2.28. The van der Waals surface area contributed by atoms with E-state index >= 15 is 0 Å². The Kier molecular flexibility index (Phi) is 13.6. The van der Waals surface area contributed by atoms with E-state index in [0.717, 1.165) is 22.3 Å². The summed E-state index contributed by atoms with van der Waals surface area (Å²) in [4.78, 5) is 47.1. The quantitative estimate of drug-likeness (QED) is 0.0969. The number of nitrogens with one attached hydrogen (secondary N) is 4. The number of carbonyl (C=O) groups excluding carboxylic acids is 3. The van der Waals surface area contributed by atoms with Crippen LogP contribution in [0.15, 0.2) is 128 Å². The fourth-order valence-corrected chi connectivity index (χ4v) is 5.05. The third-order valence-electron chi connectivity index (χ3n) is 7.70. The second-order valence-corrected chi connectivity index (χ2v) is 11.6. The summed E-state index contributed by atoms with van der Waals surface area (Å²) in [7, 11) is 0. The van der Waals surface area contributed by atoms with Crippen LogP contribution >= 0.6 is 0 Å². The zero-order valence-corrected chi connectivity index (χ0v) is 27.6. The van der Waals surface area contributed by atoms with E-state index in [1.165, 1.54) is 6.33 Å². The van der Waals surface area contributed by atoms with E-state index in [0.29, 0.717) is 24.7 Å². The number of carbonyl (C=O) groups is 3. The van der Waals surface area contributed by atoms with Crippen LogP contribution in [0, 0.1) is 0 Å². The molecule has 0 unspecified atom stereocenters. The fourth-order valence-electron chi connectivity index (χ4n) is 5.05. The predicted molar refractivity (Wildman–Crippen MR) is 188 cm³/mol. The number of hydrogen-bond donors (Lipinski definition) is 4. The van der Waals surface area contributed by atoms with Crippen molar-refractivity contribution in [3.63, 3.8) is 0 Å². The average Bonchev–Trinajstić information content (AvgIpc) is 3.67. The van der Waals surface area contributed by atoms with Gasteiger partial charge in [0.2, 0.25) is 11.8 Å². The van der Waals surface area contributed by atoms with Crippen LogP contribution in [-0.4, -0.2) is 53.1 Å². The van der Waals surface area contributed by atoms with Crippen LogP contribution in [0.25, 0.3) is 0 Å². The highest BCUT2D eigenvalue weighted by atomic mass is 16.5. The molecule has 0 aliphatic rings. The number of ether oxygens (including phenoxy) is 3. The molecular weight excluding hydrogens is 634 g/mol. The molecular formula is C39H41N5O6. The van der Waals surface area contributed by atoms with Gasteiger partial charge in [0.1, 0.15) is 31.0 Å². The molecule has 5 aromatic rings. The van der Waals surface area contributed by atoms with Crippen LogP contribution in [-0.2, 0) is 51.7 Å². The Morgan fingerprint density at radius 2 is 1.24 bits per heavy atom. The minimum Gasteiger partial charge on any atom is -0.489 e. The summed E-state index contributed by atoms with van der Waals surface area (Å²) < 4.78 is 17.0. The van der Waals surface area contributed by atoms with E-state index in [2.05, 4.69) is 25.9 Å². The lowest BCUT2D eigenvalue weighted by atomic mass is 10.0. The first kappa shape index (κ1) is 35.4. The number of hydrogen-bond acceptors (Lipinski definition) is 7. The van der Waals surface area contributed by atoms with Gasteiger partial charge in [-0.3, -0.25) is 9.59 Å². The lowest BCUT2D eigenvalue weighted by molar-refractivity contribution is -0.130. The second kappa shape index (κ2) is 19.2. The predicted octanol–water partition coefficient (Wildman–Crippen LogP) is 4.89. The summed E-state index contributed by atoms with van der Waals surface area (Å²) in [5, 5.41) is 8.39. The maximum Gasteiger partial charge on any atom is 0.408 e. The van der Waals surface area contributed by atoms with Gasteiger partial charge in [0.15, 0.2) is 0 Å². The number of imidazole rings is 1. The first-order valence-electron chi connectivity index (χ1n) is 16.4. The van der Waals surface area contributed by atoms with Crippen molar-refractivity contribution in [1.82, 2.24) is 25.9 Å². The van der Waals surface area contributed by atoms with Gasteiger partial charge in [-0.05, 0) is 34.4 Å². The topological polar surface area (TPSA) is 144 Å². The van der Waals surface area contributed by atoms with Crippen molar-refractivity contribution in [3.05, 3.63) is 156 Å². The lowest BCUT2D eigenvalue weighted by Gasteiger charge is -2.23. The maximum absolute atomic E-state index is 13.8. The highest BCUT2D eigenvalue weighted by Crippen LogP contribution is 2.16. The van der Waals surface area contributed by atoms with Crippen molar-refractivity contribution in [2.24, 2.45) is 0 Å². The van der Waals surface area contributed by atoms with Crippen molar-refractivity contribution < 1.29 is 28.6 Å². The molecule has 11 nitrogen and oxygen atoms in total. The maximum atomic E-state index is 13.8. The molecule has 0 aliphatic carbocycles. The number of aromatic nitrogens is 2. The Morgan fingerprint density at radius 3 is 1.86 bits per heavy atom. The van der Waals surface area contributed by atoms with Crippen LogP contribution in [0.2, 0.25) is 0 Å². The van der Waals surface area contributed by atoms with Crippen molar-refractivity contribution >= 4 is 17.9 Å². The van der Waals surface area contributed by atoms with E-state index < -0.39 is 30.0 Å².